The molecule has 6 heavy (non-hydrogen) atoms. The van der Waals surface area contributed by atoms with Gasteiger partial charge in [0.1, 0.15) is 0 Å². The fraction of sp³-hybridized carbons (Fsp3) is 1.00. The van der Waals surface area contributed by atoms with Gasteiger partial charge in [-0.15, -0.1) is 11.6 Å². The number of hydrogen-bond acceptors (Lipinski definition) is 2. The fourth-order valence-electron chi connectivity index (χ4n) is 0. The zero-order valence-electron chi connectivity index (χ0n) is 3.48. The lowest BCUT2D eigenvalue weighted by atomic mass is 10.4. The van der Waals surface area contributed by atoms with Gasteiger partial charge in [-0.1, -0.05) is 0 Å². The van der Waals surface area contributed by atoms with Crippen molar-refractivity contribution in [1.82, 2.24) is 0 Å². The van der Waals surface area contributed by atoms with Crippen LogP contribution in [-0.4, -0.2) is 21.9 Å². The van der Waals surface area contributed by atoms with Gasteiger partial charge in [0.15, 0.2) is 5.79 Å². The molecule has 0 aromatic heterocycles. The molecule has 0 bridgehead atoms. The largest absolute Gasteiger partial charge is 0.365 e. The predicted molar refractivity (Wildman–Crippen MR) is 23.6 cm³/mol. The lowest BCUT2D eigenvalue weighted by Crippen LogP contribution is -2.24. The minimum absolute atomic E-state index is 0.146. The van der Waals surface area contributed by atoms with Crippen LogP contribution in [0.15, 0.2) is 0 Å². The van der Waals surface area contributed by atoms with Crippen LogP contribution in [0, 0.1) is 0 Å². The standard InChI is InChI=1S/C3H7ClO2/c1-3(5,6)2-4/h5-6H,2H2,1H3. The Kier molecular flexibility index (Phi) is 1.84. The summed E-state index contributed by atoms with van der Waals surface area (Å²) >= 11 is 4.98. The molecular weight excluding hydrogens is 103 g/mol. The zero-order valence-corrected chi connectivity index (χ0v) is 4.24. The first-order chi connectivity index (χ1) is 2.56. The third kappa shape index (κ3) is 4.21. The SMILES string of the molecule is CC(O)(O)CCl. The van der Waals surface area contributed by atoms with Crippen molar-refractivity contribution in [2.24, 2.45) is 0 Å². The smallest absolute Gasteiger partial charge is 0.173 e. The molecule has 0 fully saturated rings. The summed E-state index contributed by atoms with van der Waals surface area (Å²) in [6.07, 6.45) is 0. The minimum atomic E-state index is -1.69. The average molecular weight is 111 g/mol. The third-order valence-corrected chi connectivity index (χ3v) is 0.759. The second-order valence-corrected chi connectivity index (χ2v) is 1.62. The second kappa shape index (κ2) is 1.78. The van der Waals surface area contributed by atoms with Gasteiger partial charge in [-0.05, 0) is 6.92 Å². The minimum Gasteiger partial charge on any atom is -0.365 e. The molecule has 0 atom stereocenters. The first-order valence-corrected chi connectivity index (χ1v) is 2.10. The molecule has 0 spiro atoms. The van der Waals surface area contributed by atoms with E-state index in [1.807, 2.05) is 0 Å². The number of hydrogen-bond donors (Lipinski definition) is 2. The average Bonchev–Trinajstić information content (AvgIpc) is 1.35. The molecule has 0 unspecified atom stereocenters. The summed E-state index contributed by atoms with van der Waals surface area (Å²) in [7, 11) is 0. The van der Waals surface area contributed by atoms with E-state index < -0.39 is 5.79 Å². The van der Waals surface area contributed by atoms with E-state index in [0.717, 1.165) is 0 Å². The van der Waals surface area contributed by atoms with E-state index in [9.17, 15) is 0 Å². The van der Waals surface area contributed by atoms with Crippen LogP contribution in [0.25, 0.3) is 0 Å². The van der Waals surface area contributed by atoms with Crippen molar-refractivity contribution in [2.75, 3.05) is 5.88 Å². The molecule has 0 rings (SSSR count). The number of rotatable bonds is 1. The van der Waals surface area contributed by atoms with E-state index >= 15 is 0 Å². The number of halogens is 1. The molecule has 0 radical (unpaired) electrons. The molecule has 3 heteroatoms. The van der Waals surface area contributed by atoms with Crippen LogP contribution < -0.4 is 0 Å². The van der Waals surface area contributed by atoms with Crippen LogP contribution >= 0.6 is 11.6 Å². The summed E-state index contributed by atoms with van der Waals surface area (Å²) in [4.78, 5) is 0. The molecular formula is C3H7ClO2. The van der Waals surface area contributed by atoms with E-state index in [-0.39, 0.29) is 5.88 Å². The van der Waals surface area contributed by atoms with Crippen molar-refractivity contribution in [2.45, 2.75) is 12.7 Å². The lowest BCUT2D eigenvalue weighted by Gasteiger charge is -2.08. The molecule has 0 aliphatic carbocycles. The van der Waals surface area contributed by atoms with E-state index in [1.54, 1.807) is 0 Å². The summed E-state index contributed by atoms with van der Waals surface area (Å²) in [6.45, 7) is 1.22. The Balaban J connectivity index is 3.17. The van der Waals surface area contributed by atoms with Crippen LogP contribution in [0.2, 0.25) is 0 Å². The first kappa shape index (κ1) is 6.21. The van der Waals surface area contributed by atoms with Crippen LogP contribution in [0.5, 0.6) is 0 Å². The summed E-state index contributed by atoms with van der Waals surface area (Å²) in [6, 6.07) is 0. The van der Waals surface area contributed by atoms with Gasteiger partial charge in [-0.3, -0.25) is 0 Å². The van der Waals surface area contributed by atoms with Gasteiger partial charge >= 0.3 is 0 Å². The summed E-state index contributed by atoms with van der Waals surface area (Å²) in [5.41, 5.74) is 0. The van der Waals surface area contributed by atoms with Gasteiger partial charge < -0.3 is 10.2 Å². The van der Waals surface area contributed by atoms with E-state index in [1.165, 1.54) is 6.92 Å². The predicted octanol–water partition coefficient (Wildman–Crippen LogP) is -0.0740. The van der Waals surface area contributed by atoms with Gasteiger partial charge in [0.05, 0.1) is 5.88 Å². The molecule has 2 N–H and O–H groups in total. The molecule has 0 aliphatic heterocycles. The Bertz CT molecular complexity index is 38.5. The van der Waals surface area contributed by atoms with Crippen molar-refractivity contribution in [1.29, 1.82) is 0 Å². The van der Waals surface area contributed by atoms with E-state index in [4.69, 9.17) is 21.8 Å². The second-order valence-electron chi connectivity index (χ2n) is 1.35. The van der Waals surface area contributed by atoms with Crippen LogP contribution in [0.1, 0.15) is 6.92 Å². The molecule has 0 saturated carbocycles. The molecule has 0 heterocycles. The zero-order chi connectivity index (χ0) is 5.21. The normalized spacial score (nSPS) is 12.0. The van der Waals surface area contributed by atoms with Crippen LogP contribution in [-0.2, 0) is 0 Å². The molecule has 0 aromatic carbocycles. The van der Waals surface area contributed by atoms with E-state index in [0.29, 0.717) is 0 Å². The summed E-state index contributed by atoms with van der Waals surface area (Å²) < 4.78 is 0. The molecule has 0 aromatic rings. The Hall–Kier alpha value is 0.210. The Morgan fingerprint density at radius 3 is 1.83 bits per heavy atom. The number of alkyl halides is 1. The quantitative estimate of drug-likeness (QED) is 0.366. The van der Waals surface area contributed by atoms with Crippen molar-refractivity contribution in [3.05, 3.63) is 0 Å². The molecule has 0 aliphatic rings. The van der Waals surface area contributed by atoms with Gasteiger partial charge in [-0.25, -0.2) is 0 Å². The number of aliphatic hydroxyl groups is 2. The summed E-state index contributed by atoms with van der Waals surface area (Å²) in [5.74, 6) is -1.84. The van der Waals surface area contributed by atoms with Gasteiger partial charge in [0.25, 0.3) is 0 Å². The maximum Gasteiger partial charge on any atom is 0.173 e. The molecule has 38 valence electrons. The topological polar surface area (TPSA) is 40.5 Å². The Morgan fingerprint density at radius 2 is 1.83 bits per heavy atom. The molecule has 0 saturated heterocycles. The first-order valence-electron chi connectivity index (χ1n) is 1.57. The van der Waals surface area contributed by atoms with Gasteiger partial charge in [0.2, 0.25) is 0 Å². The molecule has 2 nitrogen and oxygen atoms in total. The highest BCUT2D eigenvalue weighted by atomic mass is 35.5. The van der Waals surface area contributed by atoms with Crippen molar-refractivity contribution >= 4 is 11.6 Å². The van der Waals surface area contributed by atoms with Gasteiger partial charge in [0, 0.05) is 0 Å². The summed E-state index contributed by atoms with van der Waals surface area (Å²) in [5, 5.41) is 16.5. The van der Waals surface area contributed by atoms with Crippen molar-refractivity contribution < 1.29 is 10.2 Å². The van der Waals surface area contributed by atoms with Crippen LogP contribution in [0.4, 0.5) is 0 Å². The third-order valence-electron chi connectivity index (χ3n) is 0.253. The fourth-order valence-corrected chi connectivity index (χ4v) is 0. The molecule has 0 amide bonds. The van der Waals surface area contributed by atoms with Crippen molar-refractivity contribution in [3.8, 4) is 0 Å². The highest BCUT2D eigenvalue weighted by molar-refractivity contribution is 6.18. The highest BCUT2D eigenvalue weighted by Gasteiger charge is 2.10. The highest BCUT2D eigenvalue weighted by Crippen LogP contribution is 1.96. The van der Waals surface area contributed by atoms with Crippen molar-refractivity contribution in [3.63, 3.8) is 0 Å². The van der Waals surface area contributed by atoms with E-state index in [2.05, 4.69) is 0 Å². The van der Waals surface area contributed by atoms with Crippen LogP contribution in [0.3, 0.4) is 0 Å². The Morgan fingerprint density at radius 1 is 1.67 bits per heavy atom. The Labute approximate surface area is 41.4 Å². The monoisotopic (exact) mass is 110 g/mol. The van der Waals surface area contributed by atoms with Gasteiger partial charge in [-0.2, -0.15) is 0 Å². The lowest BCUT2D eigenvalue weighted by molar-refractivity contribution is -0.124. The maximum absolute atomic E-state index is 8.25. The maximum atomic E-state index is 8.25.